The van der Waals surface area contributed by atoms with Crippen molar-refractivity contribution in [2.24, 2.45) is 0 Å². The topological polar surface area (TPSA) is 72.7 Å². The lowest BCUT2D eigenvalue weighted by Crippen LogP contribution is -2.15. The van der Waals surface area contributed by atoms with Crippen LogP contribution >= 0.6 is 0 Å². The predicted octanol–water partition coefficient (Wildman–Crippen LogP) is 3.30. The van der Waals surface area contributed by atoms with E-state index in [0.717, 1.165) is 31.7 Å². The molecule has 3 aromatic rings. The smallest absolute Gasteiger partial charge is 0.238 e. The highest BCUT2D eigenvalue weighted by Gasteiger charge is 2.37. The summed E-state index contributed by atoms with van der Waals surface area (Å²) in [5, 5.41) is 7.60. The van der Waals surface area contributed by atoms with E-state index in [-0.39, 0.29) is 17.3 Å². The highest BCUT2D eigenvalue weighted by molar-refractivity contribution is 6.06. The monoisotopic (exact) mass is 355 g/mol. The van der Waals surface area contributed by atoms with Crippen molar-refractivity contribution in [1.82, 2.24) is 19.7 Å². The molecule has 0 radical (unpaired) electrons. The molecular weight excluding hydrogens is 340 g/mol. The molecule has 3 heterocycles. The van der Waals surface area contributed by atoms with Crippen LogP contribution in [0.2, 0.25) is 0 Å². The summed E-state index contributed by atoms with van der Waals surface area (Å²) in [6.07, 6.45) is 7.41. The Morgan fingerprint density at radius 1 is 1.15 bits per heavy atom. The minimum absolute atomic E-state index is 0.0105. The second-order valence-corrected chi connectivity index (χ2v) is 6.80. The number of halogens is 2. The van der Waals surface area contributed by atoms with Gasteiger partial charge in [0, 0.05) is 11.6 Å². The summed E-state index contributed by atoms with van der Waals surface area (Å²) in [4.78, 5) is 21.1. The van der Waals surface area contributed by atoms with Crippen molar-refractivity contribution in [3.05, 3.63) is 47.5 Å². The van der Waals surface area contributed by atoms with Crippen molar-refractivity contribution in [2.45, 2.75) is 37.6 Å². The molecule has 1 N–H and O–H groups in total. The fourth-order valence-electron chi connectivity index (χ4n) is 4.09. The maximum Gasteiger partial charge on any atom is 0.238 e. The van der Waals surface area contributed by atoms with Gasteiger partial charge in [-0.15, -0.1) is 0 Å². The van der Waals surface area contributed by atoms with Crippen LogP contribution in [-0.4, -0.2) is 25.7 Å². The van der Waals surface area contributed by atoms with Crippen LogP contribution in [0.5, 0.6) is 0 Å². The van der Waals surface area contributed by atoms with Crippen LogP contribution in [0.3, 0.4) is 0 Å². The molecule has 1 atom stereocenters. The first-order valence-corrected chi connectivity index (χ1v) is 8.61. The van der Waals surface area contributed by atoms with Gasteiger partial charge >= 0.3 is 0 Å². The lowest BCUT2D eigenvalue weighted by atomic mass is 9.95. The molecule has 1 saturated carbocycles. The Morgan fingerprint density at radius 2 is 1.96 bits per heavy atom. The van der Waals surface area contributed by atoms with Crippen LogP contribution in [-0.2, 0) is 4.79 Å². The molecule has 2 aliphatic rings. The van der Waals surface area contributed by atoms with Crippen LogP contribution in [0.4, 0.5) is 14.5 Å². The highest BCUT2D eigenvalue weighted by atomic mass is 19.1. The van der Waals surface area contributed by atoms with Crippen LogP contribution in [0, 0.1) is 11.6 Å². The number of fused-ring (bicyclic) bond motifs is 2. The number of hydrogen-bond acceptors (Lipinski definition) is 4. The number of benzene rings is 1. The van der Waals surface area contributed by atoms with Gasteiger partial charge in [-0.05, 0) is 18.9 Å². The van der Waals surface area contributed by atoms with Crippen molar-refractivity contribution >= 4 is 22.6 Å². The number of nitrogens with zero attached hydrogens (tertiary/aromatic N) is 4. The average Bonchev–Trinajstić information content (AvgIpc) is 3.32. The van der Waals surface area contributed by atoms with Crippen LogP contribution in [0.15, 0.2) is 24.7 Å². The number of anilines is 1. The molecule has 0 bridgehead atoms. The van der Waals surface area contributed by atoms with Crippen molar-refractivity contribution in [3.8, 4) is 0 Å². The molecular formula is C18H15F2N5O. The SMILES string of the molecule is O=C1Nc2c(F)cc(F)cc2C1c1ncnc2c1cnn2C1CCCC1. The van der Waals surface area contributed by atoms with Gasteiger partial charge in [-0.2, -0.15) is 5.10 Å². The minimum atomic E-state index is -0.887. The average molecular weight is 355 g/mol. The van der Waals surface area contributed by atoms with Crippen molar-refractivity contribution in [2.75, 3.05) is 5.32 Å². The summed E-state index contributed by atoms with van der Waals surface area (Å²) in [5.41, 5.74) is 1.33. The van der Waals surface area contributed by atoms with Crippen LogP contribution < -0.4 is 5.32 Å². The molecule has 1 fully saturated rings. The van der Waals surface area contributed by atoms with Gasteiger partial charge in [0.05, 0.1) is 29.0 Å². The summed E-state index contributed by atoms with van der Waals surface area (Å²) < 4.78 is 29.6. The van der Waals surface area contributed by atoms with Crippen LogP contribution in [0.1, 0.15) is 48.9 Å². The zero-order valence-electron chi connectivity index (χ0n) is 13.7. The minimum Gasteiger partial charge on any atom is -0.322 e. The van der Waals surface area contributed by atoms with E-state index in [0.29, 0.717) is 16.7 Å². The number of hydrogen-bond donors (Lipinski definition) is 1. The third-order valence-corrected chi connectivity index (χ3v) is 5.27. The normalized spacial score (nSPS) is 19.9. The molecule has 2 aromatic heterocycles. The molecule has 0 saturated heterocycles. The summed E-state index contributed by atoms with van der Waals surface area (Å²) in [7, 11) is 0. The Balaban J connectivity index is 1.68. The Kier molecular flexibility index (Phi) is 3.28. The number of aromatic nitrogens is 4. The number of amides is 1. The van der Waals surface area contributed by atoms with Gasteiger partial charge in [-0.1, -0.05) is 12.8 Å². The van der Waals surface area contributed by atoms with Gasteiger partial charge in [0.1, 0.15) is 23.9 Å². The van der Waals surface area contributed by atoms with Gasteiger partial charge < -0.3 is 5.32 Å². The number of carbonyl (C=O) groups is 1. The van der Waals surface area contributed by atoms with E-state index < -0.39 is 23.5 Å². The lowest BCUT2D eigenvalue weighted by Gasteiger charge is -2.12. The highest BCUT2D eigenvalue weighted by Crippen LogP contribution is 2.41. The molecule has 6 nitrogen and oxygen atoms in total. The zero-order chi connectivity index (χ0) is 17.8. The molecule has 1 amide bonds. The number of rotatable bonds is 2. The molecule has 8 heteroatoms. The Labute approximate surface area is 147 Å². The fourth-order valence-corrected chi connectivity index (χ4v) is 4.09. The number of carbonyl (C=O) groups excluding carboxylic acids is 1. The second-order valence-electron chi connectivity index (χ2n) is 6.80. The van der Waals surface area contributed by atoms with Gasteiger partial charge in [-0.3, -0.25) is 4.79 Å². The third kappa shape index (κ3) is 2.14. The van der Waals surface area contributed by atoms with Crippen molar-refractivity contribution < 1.29 is 13.6 Å². The third-order valence-electron chi connectivity index (χ3n) is 5.27. The van der Waals surface area contributed by atoms with Gasteiger partial charge in [-0.25, -0.2) is 23.4 Å². The summed E-state index contributed by atoms with van der Waals surface area (Å²) in [6.45, 7) is 0. The van der Waals surface area contributed by atoms with E-state index in [9.17, 15) is 13.6 Å². The standard InChI is InChI=1S/C18H15F2N5O/c19-9-5-11-14(18(26)24-15(11)13(20)6-9)16-12-7-23-25(10-3-1-2-4-10)17(12)22-8-21-16/h5-8,10,14H,1-4H2,(H,24,26). The molecule has 5 rings (SSSR count). The van der Waals surface area contributed by atoms with Crippen LogP contribution in [0.25, 0.3) is 11.0 Å². The molecule has 0 spiro atoms. The van der Waals surface area contributed by atoms with E-state index in [1.165, 1.54) is 12.4 Å². The first-order chi connectivity index (χ1) is 12.6. The molecule has 1 aliphatic carbocycles. The van der Waals surface area contributed by atoms with Gasteiger partial charge in [0.15, 0.2) is 5.65 Å². The first-order valence-electron chi connectivity index (χ1n) is 8.61. The van der Waals surface area contributed by atoms with Gasteiger partial charge in [0.2, 0.25) is 5.91 Å². The number of nitrogens with one attached hydrogen (secondary N) is 1. The van der Waals surface area contributed by atoms with Crippen molar-refractivity contribution in [3.63, 3.8) is 0 Å². The van der Waals surface area contributed by atoms with E-state index in [1.807, 2.05) is 4.68 Å². The van der Waals surface area contributed by atoms with Gasteiger partial charge in [0.25, 0.3) is 0 Å². The summed E-state index contributed by atoms with van der Waals surface area (Å²) >= 11 is 0. The quantitative estimate of drug-likeness (QED) is 0.765. The Hall–Kier alpha value is -2.90. The zero-order valence-corrected chi connectivity index (χ0v) is 13.7. The van der Waals surface area contributed by atoms with Crippen molar-refractivity contribution in [1.29, 1.82) is 0 Å². The molecule has 132 valence electrons. The molecule has 1 aromatic carbocycles. The maximum absolute atomic E-state index is 14.0. The predicted molar refractivity (Wildman–Crippen MR) is 89.7 cm³/mol. The van der Waals surface area contributed by atoms with E-state index >= 15 is 0 Å². The molecule has 26 heavy (non-hydrogen) atoms. The maximum atomic E-state index is 14.0. The molecule has 1 unspecified atom stereocenters. The molecule has 1 aliphatic heterocycles. The second kappa shape index (κ2) is 5.55. The van der Waals surface area contributed by atoms with E-state index in [1.54, 1.807) is 6.20 Å². The van der Waals surface area contributed by atoms with E-state index in [4.69, 9.17) is 0 Å². The Morgan fingerprint density at radius 3 is 2.77 bits per heavy atom. The fraction of sp³-hybridized carbons (Fsp3) is 0.333. The lowest BCUT2D eigenvalue weighted by molar-refractivity contribution is -0.116. The Bertz CT molecular complexity index is 1040. The largest absolute Gasteiger partial charge is 0.322 e. The first kappa shape index (κ1) is 15.4. The van der Waals surface area contributed by atoms with E-state index in [2.05, 4.69) is 20.4 Å². The summed E-state index contributed by atoms with van der Waals surface area (Å²) in [5.74, 6) is -2.84. The summed E-state index contributed by atoms with van der Waals surface area (Å²) in [6, 6.07) is 2.22.